The van der Waals surface area contributed by atoms with Crippen molar-refractivity contribution in [1.82, 2.24) is 5.32 Å². The van der Waals surface area contributed by atoms with E-state index in [0.717, 1.165) is 11.8 Å². The third kappa shape index (κ3) is 6.02. The molecule has 0 aliphatic carbocycles. The van der Waals surface area contributed by atoms with Crippen LogP contribution in [0.1, 0.15) is 27.7 Å². The van der Waals surface area contributed by atoms with Gasteiger partial charge in [0.1, 0.15) is 4.91 Å². The van der Waals surface area contributed by atoms with Crippen molar-refractivity contribution < 1.29 is 14.7 Å². The smallest absolute Gasteiger partial charge is 0.343 e. The van der Waals surface area contributed by atoms with Gasteiger partial charge in [0.15, 0.2) is 0 Å². The average Bonchev–Trinajstić information content (AvgIpc) is 2.15. The molecule has 4 nitrogen and oxygen atoms in total. The molecule has 0 heterocycles. The van der Waals surface area contributed by atoms with Crippen LogP contribution in [0.2, 0.25) is 0 Å². The summed E-state index contributed by atoms with van der Waals surface area (Å²) in [5.74, 6) is -1.38. The van der Waals surface area contributed by atoms with Crippen LogP contribution < -0.4 is 5.32 Å². The fourth-order valence-electron chi connectivity index (χ4n) is 1.02. The summed E-state index contributed by atoms with van der Waals surface area (Å²) >= 11 is 2.36. The van der Waals surface area contributed by atoms with Crippen LogP contribution >= 0.6 is 23.5 Å². The second-order valence-corrected chi connectivity index (χ2v) is 6.90. The Bertz CT molecular complexity index is 332. The Kier molecular flexibility index (Phi) is 6.70. The van der Waals surface area contributed by atoms with E-state index in [1.165, 1.54) is 11.8 Å². The number of carboxylic acids is 1. The number of hydrogen-bond acceptors (Lipinski definition) is 4. The lowest BCUT2D eigenvalue weighted by Gasteiger charge is -2.20. The lowest BCUT2D eigenvalue weighted by molar-refractivity contribution is -0.132. The third-order valence-corrected chi connectivity index (χ3v) is 3.68. The number of hydrogen-bond donors (Lipinski definition) is 2. The number of likely N-dealkylation sites (N-methyl/N-ethyl adjacent to an activating group) is 1. The predicted molar refractivity (Wildman–Crippen MR) is 74.2 cm³/mol. The van der Waals surface area contributed by atoms with E-state index in [4.69, 9.17) is 5.11 Å². The minimum absolute atomic E-state index is 0.0934. The molecule has 0 saturated carbocycles. The topological polar surface area (TPSA) is 66.4 Å². The number of rotatable bonds is 5. The molecule has 0 aromatic rings. The largest absolute Gasteiger partial charge is 0.477 e. The first kappa shape index (κ1) is 16.4. The molecule has 0 atom stereocenters. The maximum atomic E-state index is 11.9. The molecule has 0 aromatic heterocycles. The number of amides is 1. The molecule has 0 aliphatic rings. The van der Waals surface area contributed by atoms with Gasteiger partial charge in [-0.1, -0.05) is 20.8 Å². The summed E-state index contributed by atoms with van der Waals surface area (Å²) in [6.07, 6.45) is 1.66. The molecule has 0 aliphatic heterocycles. The molecule has 0 radical (unpaired) electrons. The lowest BCUT2D eigenvalue weighted by Crippen LogP contribution is -2.27. The second kappa shape index (κ2) is 6.96. The monoisotopic (exact) mass is 277 g/mol. The Morgan fingerprint density at radius 3 is 2.06 bits per heavy atom. The van der Waals surface area contributed by atoms with Gasteiger partial charge in [-0.3, -0.25) is 4.79 Å². The van der Waals surface area contributed by atoms with Gasteiger partial charge in [0, 0.05) is 11.3 Å². The van der Waals surface area contributed by atoms with Crippen molar-refractivity contribution >= 4 is 35.4 Å². The molecule has 0 rings (SSSR count). The number of carbonyl (C=O) groups is 2. The molecule has 0 aromatic carbocycles. The van der Waals surface area contributed by atoms with Gasteiger partial charge in [-0.15, -0.1) is 23.5 Å². The van der Waals surface area contributed by atoms with Crippen LogP contribution in [0.15, 0.2) is 9.81 Å². The molecule has 6 heteroatoms. The maximum absolute atomic E-state index is 11.9. The van der Waals surface area contributed by atoms with Crippen molar-refractivity contribution in [3.8, 4) is 0 Å². The predicted octanol–water partition coefficient (Wildman–Crippen LogP) is 2.31. The second-order valence-electron chi connectivity index (χ2n) is 4.24. The van der Waals surface area contributed by atoms with Gasteiger partial charge in [-0.25, -0.2) is 4.79 Å². The minimum atomic E-state index is -1.06. The highest BCUT2D eigenvalue weighted by molar-refractivity contribution is 8.08. The van der Waals surface area contributed by atoms with Crippen molar-refractivity contribution in [2.75, 3.05) is 12.8 Å². The van der Waals surface area contributed by atoms with Gasteiger partial charge in [0.05, 0.1) is 4.91 Å². The van der Waals surface area contributed by atoms with Crippen LogP contribution in [0.25, 0.3) is 0 Å². The summed E-state index contributed by atoms with van der Waals surface area (Å²) in [6, 6.07) is 0. The molecule has 1 amide bonds. The standard InChI is InChI=1S/C11H19NO3S2/c1-6-12-9(13)7(17-11(2,3)4)8(16-5)10(14)15/h6H2,1-5H3,(H,12,13)(H,14,15)/b8-7-. The molecular weight excluding hydrogens is 258 g/mol. The third-order valence-electron chi connectivity index (χ3n) is 1.56. The summed E-state index contributed by atoms with van der Waals surface area (Å²) in [5.41, 5.74) is 0. The van der Waals surface area contributed by atoms with Gasteiger partial charge in [-0.2, -0.15) is 0 Å². The number of carbonyl (C=O) groups excluding carboxylic acids is 1. The van der Waals surface area contributed by atoms with Crippen LogP contribution in [-0.2, 0) is 9.59 Å². The number of carboxylic acid groups (broad SMARTS) is 1. The first-order chi connectivity index (χ1) is 7.72. The minimum Gasteiger partial charge on any atom is -0.477 e. The van der Waals surface area contributed by atoms with Crippen molar-refractivity contribution in [3.05, 3.63) is 9.81 Å². The first-order valence-corrected chi connectivity index (χ1v) is 7.25. The van der Waals surface area contributed by atoms with Gasteiger partial charge in [0.25, 0.3) is 5.91 Å². The molecule has 0 spiro atoms. The molecule has 0 bridgehead atoms. The Labute approximate surface area is 111 Å². The van der Waals surface area contributed by atoms with E-state index in [1.54, 1.807) is 13.2 Å². The van der Waals surface area contributed by atoms with Gasteiger partial charge in [0.2, 0.25) is 0 Å². The zero-order valence-electron chi connectivity index (χ0n) is 10.8. The van der Waals surface area contributed by atoms with Crippen molar-refractivity contribution in [2.45, 2.75) is 32.4 Å². The van der Waals surface area contributed by atoms with Crippen LogP contribution in [0.4, 0.5) is 0 Å². The fraction of sp³-hybridized carbons (Fsp3) is 0.636. The van der Waals surface area contributed by atoms with Crippen LogP contribution in [0, 0.1) is 0 Å². The quantitative estimate of drug-likeness (QED) is 0.755. The normalized spacial score (nSPS) is 13.0. The Morgan fingerprint density at radius 2 is 1.76 bits per heavy atom. The van der Waals surface area contributed by atoms with E-state index in [2.05, 4.69) is 5.32 Å². The van der Waals surface area contributed by atoms with Gasteiger partial charge < -0.3 is 10.4 Å². The fourth-order valence-corrected chi connectivity index (χ4v) is 2.80. The Hall–Kier alpha value is -0.620. The first-order valence-electron chi connectivity index (χ1n) is 5.21. The molecule has 17 heavy (non-hydrogen) atoms. The lowest BCUT2D eigenvalue weighted by atomic mass is 10.3. The number of nitrogens with one attached hydrogen (secondary N) is 1. The van der Waals surface area contributed by atoms with Crippen molar-refractivity contribution in [1.29, 1.82) is 0 Å². The zero-order valence-corrected chi connectivity index (χ0v) is 12.4. The summed E-state index contributed by atoms with van der Waals surface area (Å²) in [5, 5.41) is 11.7. The highest BCUT2D eigenvalue weighted by atomic mass is 32.2. The van der Waals surface area contributed by atoms with E-state index in [0.29, 0.717) is 6.54 Å². The number of thioether (sulfide) groups is 2. The van der Waals surface area contributed by atoms with E-state index in [1.807, 2.05) is 20.8 Å². The number of aliphatic carboxylic acids is 1. The van der Waals surface area contributed by atoms with Gasteiger partial charge in [-0.05, 0) is 13.2 Å². The Balaban J connectivity index is 5.36. The SMILES string of the molecule is CCNC(=O)/C(SC(C)(C)C)=C(/SC)C(=O)O. The molecular formula is C11H19NO3S2. The molecule has 0 fully saturated rings. The maximum Gasteiger partial charge on any atom is 0.343 e. The average molecular weight is 277 g/mol. The van der Waals surface area contributed by atoms with E-state index in [-0.39, 0.29) is 20.5 Å². The molecule has 98 valence electrons. The Morgan fingerprint density at radius 1 is 1.24 bits per heavy atom. The van der Waals surface area contributed by atoms with Gasteiger partial charge >= 0.3 is 5.97 Å². The van der Waals surface area contributed by atoms with E-state index >= 15 is 0 Å². The molecule has 2 N–H and O–H groups in total. The van der Waals surface area contributed by atoms with Crippen LogP contribution in [-0.4, -0.2) is 34.5 Å². The van der Waals surface area contributed by atoms with E-state index < -0.39 is 5.97 Å². The highest BCUT2D eigenvalue weighted by Gasteiger charge is 2.25. The molecule has 0 unspecified atom stereocenters. The summed E-state index contributed by atoms with van der Waals surface area (Å²) in [4.78, 5) is 23.3. The van der Waals surface area contributed by atoms with Crippen LogP contribution in [0.3, 0.4) is 0 Å². The summed E-state index contributed by atoms with van der Waals surface area (Å²) < 4.78 is -0.211. The summed E-state index contributed by atoms with van der Waals surface area (Å²) in [6.45, 7) is 8.11. The zero-order chi connectivity index (χ0) is 13.6. The summed E-state index contributed by atoms with van der Waals surface area (Å²) in [7, 11) is 0. The van der Waals surface area contributed by atoms with E-state index in [9.17, 15) is 9.59 Å². The molecule has 0 saturated heterocycles. The van der Waals surface area contributed by atoms with Crippen molar-refractivity contribution in [2.24, 2.45) is 0 Å². The van der Waals surface area contributed by atoms with Crippen LogP contribution in [0.5, 0.6) is 0 Å². The van der Waals surface area contributed by atoms with Crippen molar-refractivity contribution in [3.63, 3.8) is 0 Å². The highest BCUT2D eigenvalue weighted by Crippen LogP contribution is 2.35.